The summed E-state index contributed by atoms with van der Waals surface area (Å²) in [6.45, 7) is 23.5. The number of benzene rings is 2. The maximum absolute atomic E-state index is 12.5. The second-order valence-corrected chi connectivity index (χ2v) is 12.4. The molecule has 2 N–H and O–H groups in total. The quantitative estimate of drug-likeness (QED) is 0.166. The van der Waals surface area contributed by atoms with E-state index in [2.05, 4.69) is 99.6 Å². The molecule has 1 saturated heterocycles. The number of morpholine rings is 1. The van der Waals surface area contributed by atoms with E-state index in [1.54, 1.807) is 11.8 Å². The largest absolute Gasteiger partial charge is 0.378 e. The van der Waals surface area contributed by atoms with Gasteiger partial charge in [0.05, 0.1) is 13.2 Å². The van der Waals surface area contributed by atoms with E-state index in [4.69, 9.17) is 4.74 Å². The third-order valence-electron chi connectivity index (χ3n) is 7.42. The minimum absolute atomic E-state index is 0.0435. The first-order valence-corrected chi connectivity index (χ1v) is 18.4. The third kappa shape index (κ3) is 21.9. The van der Waals surface area contributed by atoms with Crippen LogP contribution in [-0.2, 0) is 4.74 Å². The molecule has 0 saturated carbocycles. The molecule has 1 atom stereocenters. The average molecular weight is 658 g/mol. The lowest BCUT2D eigenvalue weighted by molar-refractivity contribution is 0.122. The van der Waals surface area contributed by atoms with E-state index in [0.717, 1.165) is 45.7 Å². The van der Waals surface area contributed by atoms with Crippen LogP contribution in [0.4, 0.5) is 14.9 Å². The van der Waals surface area contributed by atoms with Gasteiger partial charge in [-0.05, 0) is 91.2 Å². The number of carbonyl (C=O) groups is 1. The van der Waals surface area contributed by atoms with Crippen molar-refractivity contribution in [3.8, 4) is 0 Å². The van der Waals surface area contributed by atoms with Crippen LogP contribution in [0, 0.1) is 11.7 Å². The Kier molecular flexibility index (Phi) is 26.7. The second kappa shape index (κ2) is 28.5. The van der Waals surface area contributed by atoms with Crippen LogP contribution in [0.5, 0.6) is 0 Å². The van der Waals surface area contributed by atoms with Crippen LogP contribution in [-0.4, -0.2) is 51.7 Å². The molecule has 1 aliphatic rings. The van der Waals surface area contributed by atoms with Crippen molar-refractivity contribution >= 4 is 29.1 Å². The monoisotopic (exact) mass is 657 g/mol. The molecule has 3 rings (SSSR count). The number of urea groups is 1. The molecule has 0 aliphatic carbocycles. The summed E-state index contributed by atoms with van der Waals surface area (Å²) in [5.41, 5.74) is 5.14. The average Bonchev–Trinajstić information content (AvgIpc) is 3.08. The van der Waals surface area contributed by atoms with Gasteiger partial charge in [0.15, 0.2) is 0 Å². The Morgan fingerprint density at radius 1 is 0.957 bits per heavy atom. The summed E-state index contributed by atoms with van der Waals surface area (Å²) < 4.78 is 17.8. The molecular weight excluding hydrogens is 594 g/mol. The van der Waals surface area contributed by atoms with Gasteiger partial charge in [-0.25, -0.2) is 9.18 Å². The molecule has 2 amide bonds. The summed E-state index contributed by atoms with van der Waals surface area (Å²) in [4.78, 5) is 13.3. The molecule has 2 aromatic rings. The van der Waals surface area contributed by atoms with Crippen LogP contribution in [0.3, 0.4) is 0 Å². The van der Waals surface area contributed by atoms with E-state index in [0.29, 0.717) is 18.4 Å². The number of nitrogens with zero attached hydrogens (tertiary/aromatic N) is 1. The Hall–Kier alpha value is -2.77. The van der Waals surface area contributed by atoms with E-state index in [1.807, 2.05) is 25.1 Å². The lowest BCUT2D eigenvalue weighted by Gasteiger charge is -2.28. The molecule has 1 fully saturated rings. The van der Waals surface area contributed by atoms with Crippen LogP contribution < -0.4 is 15.5 Å². The maximum atomic E-state index is 12.5. The second-order valence-electron chi connectivity index (χ2n) is 11.7. The number of amides is 2. The number of allylic oxidation sites excluding steroid dienone is 2. The summed E-state index contributed by atoms with van der Waals surface area (Å²) in [5, 5.41) is 7.69. The number of hydrogen-bond acceptors (Lipinski definition) is 4. The van der Waals surface area contributed by atoms with Crippen LogP contribution in [0.1, 0.15) is 104 Å². The number of ether oxygens (including phenoxy) is 1. The Bertz CT molecular complexity index is 1050. The molecular formula is C39H64FN3O2S. The first-order valence-electron chi connectivity index (χ1n) is 17.2. The van der Waals surface area contributed by atoms with E-state index in [-0.39, 0.29) is 11.8 Å². The van der Waals surface area contributed by atoms with Gasteiger partial charge >= 0.3 is 6.03 Å². The lowest BCUT2D eigenvalue weighted by atomic mass is 9.99. The van der Waals surface area contributed by atoms with Crippen molar-refractivity contribution in [2.75, 3.05) is 50.5 Å². The van der Waals surface area contributed by atoms with Crippen molar-refractivity contribution < 1.29 is 13.9 Å². The number of unbranched alkanes of at least 4 members (excludes halogenated alkanes) is 4. The van der Waals surface area contributed by atoms with E-state index >= 15 is 0 Å². The molecule has 1 aliphatic heterocycles. The van der Waals surface area contributed by atoms with Gasteiger partial charge in [-0.2, -0.15) is 0 Å². The van der Waals surface area contributed by atoms with Gasteiger partial charge in [0.2, 0.25) is 0 Å². The number of nitrogens with one attached hydrogen (secondary N) is 2. The highest BCUT2D eigenvalue weighted by Gasteiger charge is 2.10. The summed E-state index contributed by atoms with van der Waals surface area (Å²) >= 11 is 1.75. The molecule has 0 aromatic heterocycles. The van der Waals surface area contributed by atoms with E-state index in [9.17, 15) is 9.18 Å². The van der Waals surface area contributed by atoms with Gasteiger partial charge in [0.25, 0.3) is 0 Å². The highest BCUT2D eigenvalue weighted by atomic mass is 32.2. The lowest BCUT2D eigenvalue weighted by Crippen LogP contribution is -2.36. The number of anilines is 1. The van der Waals surface area contributed by atoms with Gasteiger partial charge in [0.1, 0.15) is 5.82 Å². The van der Waals surface area contributed by atoms with Crippen molar-refractivity contribution in [2.24, 2.45) is 5.92 Å². The zero-order valence-corrected chi connectivity index (χ0v) is 31.0. The first-order chi connectivity index (χ1) is 22.1. The third-order valence-corrected chi connectivity index (χ3v) is 8.01. The van der Waals surface area contributed by atoms with Gasteiger partial charge in [0, 0.05) is 31.9 Å². The fourth-order valence-corrected chi connectivity index (χ4v) is 4.67. The molecule has 1 unspecified atom stereocenters. The fraction of sp³-hybridized carbons (Fsp3) is 0.564. The zero-order chi connectivity index (χ0) is 34.6. The molecule has 260 valence electrons. The molecule has 0 radical (unpaired) electrons. The number of carbonyl (C=O) groups excluding carboxylic acids is 1. The molecule has 5 nitrogen and oxygen atoms in total. The predicted octanol–water partition coefficient (Wildman–Crippen LogP) is 10.7. The minimum atomic E-state index is -0.156. The first kappa shape index (κ1) is 43.2. The van der Waals surface area contributed by atoms with Crippen molar-refractivity contribution in [3.63, 3.8) is 0 Å². The Balaban J connectivity index is 0.000000628. The summed E-state index contributed by atoms with van der Waals surface area (Å²) in [6.07, 6.45) is 11.3. The van der Waals surface area contributed by atoms with Crippen molar-refractivity contribution in [1.29, 1.82) is 0 Å². The highest BCUT2D eigenvalue weighted by molar-refractivity contribution is 8.01. The van der Waals surface area contributed by atoms with Gasteiger partial charge in [-0.1, -0.05) is 90.6 Å². The minimum Gasteiger partial charge on any atom is -0.378 e. The van der Waals surface area contributed by atoms with Gasteiger partial charge in [-0.3, -0.25) is 0 Å². The summed E-state index contributed by atoms with van der Waals surface area (Å²) in [7, 11) is 0. The van der Waals surface area contributed by atoms with Gasteiger partial charge < -0.3 is 20.3 Å². The Morgan fingerprint density at radius 3 is 2.04 bits per heavy atom. The molecule has 1 heterocycles. The van der Waals surface area contributed by atoms with Crippen LogP contribution in [0.15, 0.2) is 66.6 Å². The van der Waals surface area contributed by atoms with Crippen molar-refractivity contribution in [3.05, 3.63) is 83.5 Å². The number of hydrogen-bond donors (Lipinski definition) is 2. The van der Waals surface area contributed by atoms with Crippen molar-refractivity contribution in [1.82, 2.24) is 10.6 Å². The standard InChI is InChI=1S/C14H19NOS.C10H13F.C10H22N2O.C5H10/c1-12(11-17-2)13-3-5-14(6-4-13)15-7-9-16-10-8-15;1-3-8(2)9-4-6-10(11)7-5-9;1-3-5-6-7-8-9-12-10(13)11-4-2;1-4-5(2)3/h3-6,11H,7-10H2,1-2H3;4-8H,3H2,1-2H3;3-9H2,1-2H3,(H2,11,12,13);4-5H,1H2,2-3H3/b12-11+;;;. The number of halogens is 1. The van der Waals surface area contributed by atoms with Crippen LogP contribution in [0.2, 0.25) is 0 Å². The van der Waals surface area contributed by atoms with E-state index in [1.165, 1.54) is 60.2 Å². The number of thioether (sulfide) groups is 1. The summed E-state index contributed by atoms with van der Waals surface area (Å²) in [5.74, 6) is 1.03. The Labute approximate surface area is 285 Å². The Morgan fingerprint density at radius 2 is 1.54 bits per heavy atom. The zero-order valence-electron chi connectivity index (χ0n) is 30.2. The molecule has 0 bridgehead atoms. The van der Waals surface area contributed by atoms with Gasteiger partial charge in [-0.15, -0.1) is 18.3 Å². The smallest absolute Gasteiger partial charge is 0.314 e. The molecule has 0 spiro atoms. The van der Waals surface area contributed by atoms with E-state index < -0.39 is 0 Å². The van der Waals surface area contributed by atoms with Crippen molar-refractivity contribution in [2.45, 2.75) is 92.9 Å². The fourth-order valence-electron chi connectivity index (χ4n) is 4.18. The number of rotatable bonds is 13. The predicted molar refractivity (Wildman–Crippen MR) is 203 cm³/mol. The topological polar surface area (TPSA) is 53.6 Å². The molecule has 7 heteroatoms. The maximum Gasteiger partial charge on any atom is 0.314 e. The SMILES string of the molecule is C=CC(C)C.CCC(C)c1ccc(F)cc1.CCCCCCCNC(=O)NCC.CS/C=C(\C)c1ccc(N2CCOCC2)cc1. The molecule has 46 heavy (non-hydrogen) atoms. The summed E-state index contributed by atoms with van der Waals surface area (Å²) in [6, 6.07) is 15.5. The highest BCUT2D eigenvalue weighted by Crippen LogP contribution is 2.22. The normalized spacial score (nSPS) is 13.2. The van der Waals surface area contributed by atoms with Crippen LogP contribution >= 0.6 is 11.8 Å². The van der Waals surface area contributed by atoms with Crippen LogP contribution in [0.25, 0.3) is 5.57 Å². The molecule has 2 aromatic carbocycles.